The van der Waals surface area contributed by atoms with Gasteiger partial charge < -0.3 is 10.1 Å². The van der Waals surface area contributed by atoms with Crippen LogP contribution >= 0.6 is 11.3 Å². The van der Waals surface area contributed by atoms with E-state index < -0.39 is 11.7 Å². The molecule has 1 N–H and O–H groups in total. The molecule has 3 aromatic rings. The highest BCUT2D eigenvalue weighted by atomic mass is 32.1. The van der Waals surface area contributed by atoms with Gasteiger partial charge >= 0.3 is 6.18 Å². The van der Waals surface area contributed by atoms with E-state index in [0.29, 0.717) is 11.5 Å². The third-order valence-corrected chi connectivity index (χ3v) is 7.48. The third-order valence-electron chi connectivity index (χ3n) is 6.29. The molecule has 0 saturated carbocycles. The van der Waals surface area contributed by atoms with Gasteiger partial charge in [-0.05, 0) is 62.4 Å². The van der Waals surface area contributed by atoms with Gasteiger partial charge in [-0.1, -0.05) is 6.07 Å². The molecule has 3 heterocycles. The minimum absolute atomic E-state index is 0.389. The number of anilines is 2. The number of alkyl halides is 3. The molecule has 0 atom stereocenters. The van der Waals surface area contributed by atoms with Crippen LogP contribution in [0.5, 0.6) is 0 Å². The molecule has 5 nitrogen and oxygen atoms in total. The van der Waals surface area contributed by atoms with Gasteiger partial charge in [-0.3, -0.25) is 4.90 Å². The summed E-state index contributed by atoms with van der Waals surface area (Å²) in [6.45, 7) is 4.39. The summed E-state index contributed by atoms with van der Waals surface area (Å²) in [5.41, 5.74) is 0.978. The van der Waals surface area contributed by atoms with Crippen molar-refractivity contribution in [3.05, 3.63) is 46.1 Å². The minimum Gasteiger partial charge on any atom is -0.379 e. The molecule has 0 spiro atoms. The van der Waals surface area contributed by atoms with Crippen LogP contribution in [0, 0.1) is 0 Å². The lowest BCUT2D eigenvalue weighted by atomic mass is 9.97. The number of nitrogens with one attached hydrogen (secondary N) is 1. The van der Waals surface area contributed by atoms with Gasteiger partial charge in [-0.25, -0.2) is 9.97 Å². The molecule has 2 aliphatic rings. The fourth-order valence-corrected chi connectivity index (χ4v) is 5.88. The Morgan fingerprint density at radius 3 is 2.73 bits per heavy atom. The number of morpholine rings is 1. The van der Waals surface area contributed by atoms with Crippen molar-refractivity contribution in [2.24, 2.45) is 0 Å². The van der Waals surface area contributed by atoms with Gasteiger partial charge in [0.25, 0.3) is 0 Å². The number of aromatic nitrogens is 2. The van der Waals surface area contributed by atoms with Gasteiger partial charge in [0.05, 0.1) is 24.2 Å². The van der Waals surface area contributed by atoms with Gasteiger partial charge in [0.15, 0.2) is 0 Å². The highest BCUT2D eigenvalue weighted by Gasteiger charge is 2.30. The Bertz CT molecular complexity index is 1120. The Morgan fingerprint density at radius 1 is 1.09 bits per heavy atom. The minimum atomic E-state index is -4.38. The number of aryl methyl sites for hydroxylation is 3. The van der Waals surface area contributed by atoms with Crippen molar-refractivity contribution in [1.82, 2.24) is 14.9 Å². The molecule has 1 aromatic carbocycles. The van der Waals surface area contributed by atoms with Crippen LogP contribution in [0.4, 0.5) is 24.7 Å². The van der Waals surface area contributed by atoms with Crippen LogP contribution in [0.2, 0.25) is 0 Å². The molecule has 5 rings (SSSR count). The molecular formula is C24H27F3N4OS. The molecule has 9 heteroatoms. The molecule has 176 valence electrons. The lowest BCUT2D eigenvalue weighted by molar-refractivity contribution is -0.137. The Morgan fingerprint density at radius 2 is 1.91 bits per heavy atom. The molecule has 1 aliphatic carbocycles. The van der Waals surface area contributed by atoms with Gasteiger partial charge in [0.1, 0.15) is 16.5 Å². The van der Waals surface area contributed by atoms with E-state index in [2.05, 4.69) is 10.2 Å². The molecule has 0 unspecified atom stereocenters. The van der Waals surface area contributed by atoms with Gasteiger partial charge in [0.2, 0.25) is 0 Å². The predicted octanol–water partition coefficient (Wildman–Crippen LogP) is 5.60. The highest BCUT2D eigenvalue weighted by Crippen LogP contribution is 2.40. The average molecular weight is 477 g/mol. The lowest BCUT2D eigenvalue weighted by Gasteiger charge is -2.26. The van der Waals surface area contributed by atoms with Crippen molar-refractivity contribution in [3.63, 3.8) is 0 Å². The Balaban J connectivity index is 1.44. The Kier molecular flexibility index (Phi) is 6.53. The van der Waals surface area contributed by atoms with Gasteiger partial charge in [-0.2, -0.15) is 13.2 Å². The quantitative estimate of drug-likeness (QED) is 0.502. The van der Waals surface area contributed by atoms with E-state index >= 15 is 0 Å². The summed E-state index contributed by atoms with van der Waals surface area (Å²) in [5.74, 6) is 1.36. The number of rotatable bonds is 6. The smallest absolute Gasteiger partial charge is 0.379 e. The van der Waals surface area contributed by atoms with Crippen LogP contribution in [-0.2, 0) is 30.2 Å². The fraction of sp³-hybridized carbons (Fsp3) is 0.500. The van der Waals surface area contributed by atoms with E-state index in [9.17, 15) is 13.2 Å². The third kappa shape index (κ3) is 5.15. The first-order chi connectivity index (χ1) is 16.0. The molecule has 1 fully saturated rings. The average Bonchev–Trinajstić information content (AvgIpc) is 3.18. The Hall–Kier alpha value is -2.23. The molecule has 33 heavy (non-hydrogen) atoms. The van der Waals surface area contributed by atoms with Crippen molar-refractivity contribution >= 4 is 33.1 Å². The van der Waals surface area contributed by atoms with Crippen LogP contribution in [0.3, 0.4) is 0 Å². The number of benzene rings is 1. The molecule has 0 bridgehead atoms. The van der Waals surface area contributed by atoms with E-state index in [1.807, 2.05) is 0 Å². The first-order valence-corrected chi connectivity index (χ1v) is 12.3. The largest absolute Gasteiger partial charge is 0.416 e. The number of ether oxygens (including phenoxy) is 1. The maximum absolute atomic E-state index is 13.2. The number of halogens is 3. The van der Waals surface area contributed by atoms with Gasteiger partial charge in [0, 0.05) is 30.1 Å². The van der Waals surface area contributed by atoms with Crippen LogP contribution in [0.15, 0.2) is 24.3 Å². The van der Waals surface area contributed by atoms with Crippen molar-refractivity contribution in [1.29, 1.82) is 0 Å². The first kappa shape index (κ1) is 22.6. The van der Waals surface area contributed by atoms with Crippen molar-refractivity contribution in [2.75, 3.05) is 38.2 Å². The number of thiophene rings is 1. The van der Waals surface area contributed by atoms with Crippen LogP contribution in [0.25, 0.3) is 10.2 Å². The van der Waals surface area contributed by atoms with E-state index in [1.165, 1.54) is 16.5 Å². The van der Waals surface area contributed by atoms with E-state index in [0.717, 1.165) is 99.5 Å². The second kappa shape index (κ2) is 9.56. The van der Waals surface area contributed by atoms with E-state index in [4.69, 9.17) is 14.7 Å². The number of hydrogen-bond donors (Lipinski definition) is 1. The lowest BCUT2D eigenvalue weighted by Crippen LogP contribution is -2.37. The topological polar surface area (TPSA) is 50.3 Å². The predicted molar refractivity (Wildman–Crippen MR) is 124 cm³/mol. The van der Waals surface area contributed by atoms with Crippen molar-refractivity contribution in [2.45, 2.75) is 44.7 Å². The fourth-order valence-electron chi connectivity index (χ4n) is 4.60. The maximum Gasteiger partial charge on any atom is 0.416 e. The van der Waals surface area contributed by atoms with Crippen molar-refractivity contribution in [3.8, 4) is 0 Å². The first-order valence-electron chi connectivity index (χ1n) is 11.5. The molecule has 0 amide bonds. The summed E-state index contributed by atoms with van der Waals surface area (Å²) in [6, 6.07) is 5.31. The summed E-state index contributed by atoms with van der Waals surface area (Å²) >= 11 is 1.71. The summed E-state index contributed by atoms with van der Waals surface area (Å²) in [6.07, 6.45) is 1.55. The monoisotopic (exact) mass is 476 g/mol. The van der Waals surface area contributed by atoms with E-state index in [1.54, 1.807) is 17.4 Å². The highest BCUT2D eigenvalue weighted by molar-refractivity contribution is 7.19. The van der Waals surface area contributed by atoms with Gasteiger partial charge in [-0.15, -0.1) is 11.3 Å². The molecule has 0 radical (unpaired) electrons. The van der Waals surface area contributed by atoms with Crippen LogP contribution in [-0.4, -0.2) is 47.7 Å². The second-order valence-electron chi connectivity index (χ2n) is 8.64. The zero-order valence-electron chi connectivity index (χ0n) is 18.4. The number of fused-ring (bicyclic) bond motifs is 3. The normalized spacial score (nSPS) is 17.3. The number of hydrogen-bond acceptors (Lipinski definition) is 6. The van der Waals surface area contributed by atoms with Crippen LogP contribution in [0.1, 0.15) is 41.1 Å². The van der Waals surface area contributed by atoms with E-state index in [-0.39, 0.29) is 0 Å². The van der Waals surface area contributed by atoms with Crippen LogP contribution < -0.4 is 5.32 Å². The molecular weight excluding hydrogens is 449 g/mol. The van der Waals surface area contributed by atoms with Crippen molar-refractivity contribution < 1.29 is 17.9 Å². The summed E-state index contributed by atoms with van der Waals surface area (Å²) in [4.78, 5) is 14.3. The molecule has 1 saturated heterocycles. The Labute approximate surface area is 195 Å². The number of nitrogens with zero attached hydrogens (tertiary/aromatic N) is 3. The zero-order chi connectivity index (χ0) is 22.8. The summed E-state index contributed by atoms with van der Waals surface area (Å²) in [7, 11) is 0. The standard InChI is InChI=1S/C24H27F3N4OS/c25-24(26,27)16-5-3-6-17(15-16)28-22-21-18-7-1-2-8-19(18)33-23(21)30-20(29-22)9-4-10-31-11-13-32-14-12-31/h3,5-6,15H,1-2,4,7-14H2,(H,28,29,30). The summed E-state index contributed by atoms with van der Waals surface area (Å²) < 4.78 is 45.1. The SMILES string of the molecule is FC(F)(F)c1cccc(Nc2nc(CCCN3CCOCC3)nc3sc4c(c23)CCCC4)c1. The molecule has 2 aromatic heterocycles. The second-order valence-corrected chi connectivity index (χ2v) is 9.72. The molecule has 1 aliphatic heterocycles. The zero-order valence-corrected chi connectivity index (χ0v) is 19.2. The maximum atomic E-state index is 13.2. The summed E-state index contributed by atoms with van der Waals surface area (Å²) in [5, 5.41) is 4.18.